The van der Waals surface area contributed by atoms with E-state index in [2.05, 4.69) is 22.9 Å². The fourth-order valence-corrected chi connectivity index (χ4v) is 0.354. The highest BCUT2D eigenvalue weighted by Gasteiger charge is 1.74. The van der Waals surface area contributed by atoms with E-state index in [0.717, 1.165) is 26.2 Å². The summed E-state index contributed by atoms with van der Waals surface area (Å²) in [6, 6.07) is 0. The maximum Gasteiger partial charge on any atom is 0.0794 e. The Hall–Kier alpha value is 1.000. The minimum Gasteiger partial charge on any atom is -1.00 e. The number of rotatable bonds is 4. The maximum absolute atomic E-state index is 3.64. The van der Waals surface area contributed by atoms with Gasteiger partial charge >= 0.3 is 0 Å². The third kappa shape index (κ3) is 74.9. The van der Waals surface area contributed by atoms with Crippen molar-refractivity contribution < 1.29 is 72.6 Å². The lowest BCUT2D eigenvalue weighted by Crippen LogP contribution is -3.00. The zero-order valence-electron chi connectivity index (χ0n) is 8.58. The minimum atomic E-state index is 0. The quantitative estimate of drug-likeness (QED) is 0.395. The van der Waals surface area contributed by atoms with Gasteiger partial charge in [0.25, 0.3) is 0 Å². The van der Waals surface area contributed by atoms with Gasteiger partial charge in [-0.05, 0) is 0 Å². The third-order valence-electron chi connectivity index (χ3n) is 1.000. The van der Waals surface area contributed by atoms with Gasteiger partial charge in [-0.1, -0.05) is 0 Å². The van der Waals surface area contributed by atoms with Crippen molar-refractivity contribution >= 4 is 0 Å². The monoisotopic (exact) mass is 292 g/mol. The largest absolute Gasteiger partial charge is 1.00 e. The van der Waals surface area contributed by atoms with Crippen LogP contribution in [0.25, 0.3) is 0 Å². The summed E-state index contributed by atoms with van der Waals surface area (Å²) in [5.41, 5.74) is 14.5. The van der Waals surface area contributed by atoms with Gasteiger partial charge in [0.2, 0.25) is 0 Å². The van der Waals surface area contributed by atoms with Crippen molar-refractivity contribution in [3.8, 4) is 0 Å². The van der Waals surface area contributed by atoms with E-state index in [9.17, 15) is 0 Å². The summed E-state index contributed by atoms with van der Waals surface area (Å²) in [4.78, 5) is 0. The van der Waals surface area contributed by atoms with Crippen LogP contribution in [0.2, 0.25) is 0 Å². The van der Waals surface area contributed by atoms with Crippen LogP contribution >= 0.6 is 0 Å². The van der Waals surface area contributed by atoms with E-state index < -0.39 is 0 Å². The summed E-state index contributed by atoms with van der Waals surface area (Å²) < 4.78 is 0. The molecule has 0 fully saturated rings. The second kappa shape index (κ2) is 48.3. The Morgan fingerprint density at radius 1 is 0.429 bits per heavy atom. The number of hydrogen-bond acceptors (Lipinski definition) is 0. The summed E-state index contributed by atoms with van der Waals surface area (Å²) in [6.45, 7) is 4.12. The SMILES string of the molecule is [Cl-].[Cl-].[Cl-].[Cl-].[NH3+]CCC[NH3+].[NH3+]CCC[NH3+]. The molecule has 8 heteroatoms. The zero-order chi connectivity index (χ0) is 8.24. The standard InChI is InChI=1S/2C3H10N2.4ClH/c2*4-2-1-3-5;;;;/h2*1-5H2;4*1H. The van der Waals surface area contributed by atoms with Gasteiger partial charge in [0.15, 0.2) is 0 Å². The van der Waals surface area contributed by atoms with E-state index in [1.807, 2.05) is 0 Å². The van der Waals surface area contributed by atoms with E-state index in [4.69, 9.17) is 0 Å². The van der Waals surface area contributed by atoms with Crippen molar-refractivity contribution in [3.05, 3.63) is 0 Å². The van der Waals surface area contributed by atoms with Crippen LogP contribution in [0.15, 0.2) is 0 Å². The fourth-order valence-electron chi connectivity index (χ4n) is 0.354. The Morgan fingerprint density at radius 2 is 0.571 bits per heavy atom. The van der Waals surface area contributed by atoms with Crippen molar-refractivity contribution in [1.29, 1.82) is 0 Å². The molecule has 0 aliphatic carbocycles. The second-order valence-electron chi connectivity index (χ2n) is 2.12. The molecule has 12 N–H and O–H groups in total. The molecule has 0 aromatic heterocycles. The van der Waals surface area contributed by atoms with Crippen LogP contribution in [-0.4, -0.2) is 26.2 Å². The number of halogens is 4. The lowest BCUT2D eigenvalue weighted by molar-refractivity contribution is -0.405. The molecule has 0 saturated heterocycles. The van der Waals surface area contributed by atoms with E-state index in [1.54, 1.807) is 0 Å². The van der Waals surface area contributed by atoms with E-state index >= 15 is 0 Å². The van der Waals surface area contributed by atoms with Crippen molar-refractivity contribution in [2.75, 3.05) is 26.2 Å². The van der Waals surface area contributed by atoms with Gasteiger partial charge in [0.1, 0.15) is 0 Å². The van der Waals surface area contributed by atoms with Crippen LogP contribution in [0, 0.1) is 0 Å². The zero-order valence-corrected chi connectivity index (χ0v) is 11.6. The van der Waals surface area contributed by atoms with Gasteiger partial charge in [-0.25, -0.2) is 0 Å². The molecule has 96 valence electrons. The first-order valence-corrected chi connectivity index (χ1v) is 4.00. The van der Waals surface area contributed by atoms with Gasteiger partial charge in [-0.3, -0.25) is 0 Å². The Labute approximate surface area is 112 Å². The van der Waals surface area contributed by atoms with Crippen molar-refractivity contribution in [2.45, 2.75) is 12.8 Å². The average Bonchev–Trinajstić information content (AvgIpc) is 1.93. The number of hydrogen-bond donors (Lipinski definition) is 4. The molecule has 0 bridgehead atoms. The van der Waals surface area contributed by atoms with Crippen molar-refractivity contribution in [3.63, 3.8) is 0 Å². The van der Waals surface area contributed by atoms with E-state index in [-0.39, 0.29) is 49.6 Å². The first kappa shape index (κ1) is 36.3. The van der Waals surface area contributed by atoms with Crippen LogP contribution in [0.4, 0.5) is 0 Å². The molecular weight excluding hydrogens is 270 g/mol. The normalized spacial score (nSPS) is 6.00. The minimum absolute atomic E-state index is 0. The number of quaternary nitrogens is 4. The fraction of sp³-hybridized carbons (Fsp3) is 1.00. The smallest absolute Gasteiger partial charge is 0.0794 e. The van der Waals surface area contributed by atoms with Crippen LogP contribution < -0.4 is 72.6 Å². The molecule has 0 heterocycles. The van der Waals surface area contributed by atoms with Crippen molar-refractivity contribution in [1.82, 2.24) is 0 Å². The summed E-state index contributed by atoms with van der Waals surface area (Å²) >= 11 is 0. The molecular formula is C6H24Cl4N4. The molecule has 0 atom stereocenters. The van der Waals surface area contributed by atoms with Crippen LogP contribution in [0.1, 0.15) is 12.8 Å². The Kier molecular flexibility index (Phi) is 125. The highest BCUT2D eigenvalue weighted by atomic mass is 35.5. The van der Waals surface area contributed by atoms with Gasteiger partial charge in [0.05, 0.1) is 26.2 Å². The molecule has 14 heavy (non-hydrogen) atoms. The molecule has 0 aromatic carbocycles. The van der Waals surface area contributed by atoms with E-state index in [1.165, 1.54) is 12.8 Å². The van der Waals surface area contributed by atoms with Crippen LogP contribution in [-0.2, 0) is 0 Å². The molecule has 0 aliphatic rings. The summed E-state index contributed by atoms with van der Waals surface area (Å²) in [6.07, 6.45) is 2.33. The van der Waals surface area contributed by atoms with E-state index in [0.29, 0.717) is 0 Å². The molecule has 0 saturated carbocycles. The molecule has 0 aliphatic heterocycles. The van der Waals surface area contributed by atoms with Gasteiger partial charge in [-0.15, -0.1) is 0 Å². The van der Waals surface area contributed by atoms with Crippen LogP contribution in [0.3, 0.4) is 0 Å². The summed E-state index contributed by atoms with van der Waals surface area (Å²) in [7, 11) is 0. The van der Waals surface area contributed by atoms with Crippen LogP contribution in [0.5, 0.6) is 0 Å². The van der Waals surface area contributed by atoms with Crippen molar-refractivity contribution in [2.24, 2.45) is 0 Å². The summed E-state index contributed by atoms with van der Waals surface area (Å²) in [5, 5.41) is 0. The van der Waals surface area contributed by atoms with Gasteiger partial charge in [-0.2, -0.15) is 0 Å². The lowest BCUT2D eigenvalue weighted by Gasteiger charge is -1.75. The molecule has 0 aromatic rings. The molecule has 4 nitrogen and oxygen atoms in total. The Morgan fingerprint density at radius 3 is 0.571 bits per heavy atom. The first-order chi connectivity index (χ1) is 4.83. The second-order valence-corrected chi connectivity index (χ2v) is 2.12. The molecule has 0 unspecified atom stereocenters. The molecule has 0 radical (unpaired) electrons. The third-order valence-corrected chi connectivity index (χ3v) is 1.000. The lowest BCUT2D eigenvalue weighted by atomic mass is 10.4. The van der Waals surface area contributed by atoms with Gasteiger partial charge in [0, 0.05) is 12.8 Å². The molecule has 0 amide bonds. The predicted octanol–water partition coefficient (Wildman–Crippen LogP) is -16.3. The molecule has 0 rings (SSSR count). The first-order valence-electron chi connectivity index (χ1n) is 4.00. The Balaban J connectivity index is -0.0000000178. The Bertz CT molecular complexity index is 42.8. The molecule has 0 spiro atoms. The average molecular weight is 294 g/mol. The highest BCUT2D eigenvalue weighted by molar-refractivity contribution is 4.19. The predicted molar refractivity (Wildman–Crippen MR) is 40.3 cm³/mol. The highest BCUT2D eigenvalue weighted by Crippen LogP contribution is 1.53. The topological polar surface area (TPSA) is 111 Å². The maximum atomic E-state index is 3.64. The summed E-state index contributed by atoms with van der Waals surface area (Å²) in [5.74, 6) is 0. The van der Waals surface area contributed by atoms with Gasteiger partial charge < -0.3 is 72.6 Å².